The monoisotopic (exact) mass is 244 g/mol. The lowest BCUT2D eigenvalue weighted by atomic mass is 10.2. The number of nitrogens with two attached hydrogens (primary N) is 1. The number of hydrogen-bond acceptors (Lipinski definition) is 2. The molecule has 90 valence electrons. The van der Waals surface area contributed by atoms with Gasteiger partial charge in [-0.15, -0.1) is 0 Å². The number of carbonyl (C=O) groups is 1. The van der Waals surface area contributed by atoms with Gasteiger partial charge in [-0.1, -0.05) is 0 Å². The third kappa shape index (κ3) is 1.39. The van der Waals surface area contributed by atoms with Crippen LogP contribution in [0.25, 0.3) is 16.7 Å². The zero-order valence-electron chi connectivity index (χ0n) is 9.22. The van der Waals surface area contributed by atoms with Gasteiger partial charge in [-0.05, 0) is 18.2 Å². The molecular formula is C12H9FN4O. The number of amides is 1. The highest BCUT2D eigenvalue weighted by atomic mass is 19.1. The van der Waals surface area contributed by atoms with Crippen LogP contribution in [0.4, 0.5) is 4.39 Å². The van der Waals surface area contributed by atoms with Crippen molar-refractivity contribution >= 4 is 16.9 Å². The van der Waals surface area contributed by atoms with E-state index >= 15 is 0 Å². The predicted molar refractivity (Wildman–Crippen MR) is 63.9 cm³/mol. The van der Waals surface area contributed by atoms with Crippen molar-refractivity contribution in [2.45, 2.75) is 0 Å². The number of halogens is 1. The molecule has 0 aliphatic heterocycles. The number of aromatic amines is 1. The second-order valence-corrected chi connectivity index (χ2v) is 3.82. The zero-order chi connectivity index (χ0) is 12.7. The molecule has 0 unspecified atom stereocenters. The lowest BCUT2D eigenvalue weighted by Crippen LogP contribution is -2.16. The summed E-state index contributed by atoms with van der Waals surface area (Å²) in [5, 5.41) is 0.591. The van der Waals surface area contributed by atoms with Gasteiger partial charge in [-0.2, -0.15) is 0 Å². The fourth-order valence-electron chi connectivity index (χ4n) is 1.99. The third-order valence-corrected chi connectivity index (χ3v) is 2.76. The van der Waals surface area contributed by atoms with Crippen molar-refractivity contribution in [3.05, 3.63) is 48.3 Å². The first-order valence-electron chi connectivity index (χ1n) is 5.27. The van der Waals surface area contributed by atoms with E-state index in [9.17, 15) is 9.18 Å². The molecule has 0 aliphatic rings. The van der Waals surface area contributed by atoms with E-state index in [0.29, 0.717) is 11.0 Å². The molecule has 6 heteroatoms. The third-order valence-electron chi connectivity index (χ3n) is 2.76. The molecule has 0 saturated heterocycles. The van der Waals surface area contributed by atoms with Crippen LogP contribution in [0, 0.1) is 5.82 Å². The fraction of sp³-hybridized carbons (Fsp3) is 0. The minimum atomic E-state index is -0.611. The predicted octanol–water partition coefficient (Wildman–Crippen LogP) is 1.59. The molecule has 3 heterocycles. The maximum atomic E-state index is 14.0. The second kappa shape index (κ2) is 3.69. The maximum Gasteiger partial charge on any atom is 0.265 e. The number of nitrogens with zero attached hydrogens (tertiary/aromatic N) is 2. The minimum absolute atomic E-state index is 0.225. The van der Waals surface area contributed by atoms with Crippen molar-refractivity contribution in [3.8, 4) is 5.69 Å². The molecule has 0 fully saturated rings. The smallest absolute Gasteiger partial charge is 0.265 e. The zero-order valence-corrected chi connectivity index (χ0v) is 9.22. The standard InChI is InChI=1S/C12H9FN4O/c13-8-6-16-12-7(3-4-15-12)10(8)17-5-1-2-9(17)11(14)18/h1-6H,(H2,14,18)(H,15,16). The Balaban J connectivity index is 2.37. The molecule has 3 aromatic heterocycles. The molecule has 3 rings (SSSR count). The van der Waals surface area contributed by atoms with E-state index < -0.39 is 11.7 Å². The number of primary amides is 1. The molecule has 0 aliphatic carbocycles. The van der Waals surface area contributed by atoms with E-state index in [1.54, 1.807) is 30.6 Å². The number of hydrogen-bond donors (Lipinski definition) is 2. The molecule has 0 radical (unpaired) electrons. The highest BCUT2D eigenvalue weighted by Gasteiger charge is 2.16. The average Bonchev–Trinajstić information content (AvgIpc) is 2.95. The first-order chi connectivity index (χ1) is 8.68. The number of nitrogens with one attached hydrogen (secondary N) is 1. The molecule has 0 saturated carbocycles. The Morgan fingerprint density at radius 2 is 2.28 bits per heavy atom. The Labute approximate surface area is 101 Å². The molecule has 0 spiro atoms. The van der Waals surface area contributed by atoms with E-state index in [2.05, 4.69) is 9.97 Å². The molecule has 3 N–H and O–H groups in total. The molecule has 5 nitrogen and oxygen atoms in total. The first-order valence-corrected chi connectivity index (χ1v) is 5.27. The van der Waals surface area contributed by atoms with Gasteiger partial charge < -0.3 is 15.3 Å². The summed E-state index contributed by atoms with van der Waals surface area (Å²) in [6, 6.07) is 4.88. The van der Waals surface area contributed by atoms with Crippen molar-refractivity contribution in [1.29, 1.82) is 0 Å². The van der Waals surface area contributed by atoms with Gasteiger partial charge in [0, 0.05) is 17.8 Å². The van der Waals surface area contributed by atoms with Crippen molar-refractivity contribution in [3.63, 3.8) is 0 Å². The summed E-state index contributed by atoms with van der Waals surface area (Å²) in [5.74, 6) is -1.12. The van der Waals surface area contributed by atoms with Crippen LogP contribution < -0.4 is 5.73 Å². The van der Waals surface area contributed by atoms with Gasteiger partial charge in [0.25, 0.3) is 5.91 Å². The van der Waals surface area contributed by atoms with E-state index in [4.69, 9.17) is 5.73 Å². The van der Waals surface area contributed by atoms with Crippen LogP contribution in [0.3, 0.4) is 0 Å². The molecular weight excluding hydrogens is 235 g/mol. The van der Waals surface area contributed by atoms with E-state index in [0.717, 1.165) is 6.20 Å². The van der Waals surface area contributed by atoms with Gasteiger partial charge in [0.15, 0.2) is 5.82 Å². The quantitative estimate of drug-likeness (QED) is 0.718. The highest BCUT2D eigenvalue weighted by molar-refractivity contribution is 5.93. The van der Waals surface area contributed by atoms with Gasteiger partial charge in [-0.3, -0.25) is 4.79 Å². The summed E-state index contributed by atoms with van der Waals surface area (Å²) in [5.41, 5.74) is 6.30. The molecule has 0 bridgehead atoms. The summed E-state index contributed by atoms with van der Waals surface area (Å²) in [4.78, 5) is 18.1. The average molecular weight is 244 g/mol. The van der Waals surface area contributed by atoms with Gasteiger partial charge in [0.1, 0.15) is 11.3 Å². The second-order valence-electron chi connectivity index (χ2n) is 3.82. The van der Waals surface area contributed by atoms with Crippen molar-refractivity contribution < 1.29 is 9.18 Å². The Bertz CT molecular complexity index is 743. The summed E-state index contributed by atoms with van der Waals surface area (Å²) in [6.45, 7) is 0. The van der Waals surface area contributed by atoms with Crippen molar-refractivity contribution in [2.24, 2.45) is 5.73 Å². The first kappa shape index (κ1) is 10.5. The highest BCUT2D eigenvalue weighted by Crippen LogP contribution is 2.24. The van der Waals surface area contributed by atoms with Gasteiger partial charge in [-0.25, -0.2) is 9.37 Å². The van der Waals surface area contributed by atoms with Gasteiger partial charge >= 0.3 is 0 Å². The molecule has 1 amide bonds. The Hall–Kier alpha value is -2.63. The van der Waals surface area contributed by atoms with Gasteiger partial charge in [0.05, 0.1) is 11.9 Å². The Morgan fingerprint density at radius 1 is 1.44 bits per heavy atom. The van der Waals surface area contributed by atoms with Crippen LogP contribution in [0.2, 0.25) is 0 Å². The number of H-pyrrole nitrogens is 1. The summed E-state index contributed by atoms with van der Waals surface area (Å²) in [6.07, 6.45) is 4.36. The van der Waals surface area contributed by atoms with Crippen LogP contribution in [0.15, 0.2) is 36.8 Å². The largest absolute Gasteiger partial charge is 0.364 e. The normalized spacial score (nSPS) is 10.9. The van der Waals surface area contributed by atoms with Crippen molar-refractivity contribution in [2.75, 3.05) is 0 Å². The van der Waals surface area contributed by atoms with E-state index in [-0.39, 0.29) is 11.4 Å². The summed E-state index contributed by atoms with van der Waals surface area (Å²) in [7, 11) is 0. The summed E-state index contributed by atoms with van der Waals surface area (Å²) >= 11 is 0. The van der Waals surface area contributed by atoms with Crippen LogP contribution in [0.5, 0.6) is 0 Å². The van der Waals surface area contributed by atoms with Crippen LogP contribution >= 0.6 is 0 Å². The van der Waals surface area contributed by atoms with Crippen LogP contribution in [-0.4, -0.2) is 20.4 Å². The SMILES string of the molecule is NC(=O)c1cccn1-c1c(F)cnc2[nH]ccc12. The van der Waals surface area contributed by atoms with Crippen molar-refractivity contribution in [1.82, 2.24) is 14.5 Å². The molecule has 18 heavy (non-hydrogen) atoms. The molecule has 0 atom stereocenters. The fourth-order valence-corrected chi connectivity index (χ4v) is 1.99. The van der Waals surface area contributed by atoms with E-state index in [1.807, 2.05) is 0 Å². The number of carbonyl (C=O) groups excluding carboxylic acids is 1. The number of pyridine rings is 1. The summed E-state index contributed by atoms with van der Waals surface area (Å²) < 4.78 is 15.4. The number of aromatic nitrogens is 3. The van der Waals surface area contributed by atoms with Crippen LogP contribution in [0.1, 0.15) is 10.5 Å². The maximum absolute atomic E-state index is 14.0. The molecule has 3 aromatic rings. The Kier molecular flexibility index (Phi) is 2.16. The van der Waals surface area contributed by atoms with Crippen LogP contribution in [-0.2, 0) is 0 Å². The van der Waals surface area contributed by atoms with E-state index in [1.165, 1.54) is 4.57 Å². The van der Waals surface area contributed by atoms with Gasteiger partial charge in [0.2, 0.25) is 0 Å². The minimum Gasteiger partial charge on any atom is -0.364 e. The lowest BCUT2D eigenvalue weighted by molar-refractivity contribution is 0.0994. The molecule has 0 aromatic carbocycles. The lowest BCUT2D eigenvalue weighted by Gasteiger charge is -2.09. The number of rotatable bonds is 2. The Morgan fingerprint density at radius 3 is 3.06 bits per heavy atom. The topological polar surface area (TPSA) is 76.7 Å². The number of fused-ring (bicyclic) bond motifs is 1.